The molecule has 0 atom stereocenters. The Kier molecular flexibility index (Phi) is 4.22. The molecule has 0 unspecified atom stereocenters. The van der Waals surface area contributed by atoms with E-state index in [0.29, 0.717) is 12.1 Å². The Morgan fingerprint density at radius 2 is 1.91 bits per heavy atom. The number of rotatable bonds is 4. The van der Waals surface area contributed by atoms with Gasteiger partial charge in [0.15, 0.2) is 0 Å². The Morgan fingerprint density at radius 3 is 2.68 bits per heavy atom. The largest absolute Gasteiger partial charge is 0.330 e. The summed E-state index contributed by atoms with van der Waals surface area (Å²) in [5, 5.41) is 9.72. The van der Waals surface area contributed by atoms with Crippen LogP contribution >= 0.6 is 11.6 Å². The topological polar surface area (TPSA) is 41.6 Å². The van der Waals surface area contributed by atoms with Crippen LogP contribution < -0.4 is 0 Å². The van der Waals surface area contributed by atoms with Crippen molar-refractivity contribution in [2.45, 2.75) is 13.0 Å². The first-order chi connectivity index (χ1) is 10.7. The van der Waals surface area contributed by atoms with Crippen LogP contribution in [0.2, 0.25) is 5.02 Å². The molecule has 0 bridgehead atoms. The van der Waals surface area contributed by atoms with Gasteiger partial charge in [0.1, 0.15) is 5.82 Å². The van der Waals surface area contributed by atoms with Gasteiger partial charge in [-0.2, -0.15) is 5.26 Å². The summed E-state index contributed by atoms with van der Waals surface area (Å²) < 4.78 is 2.10. The zero-order valence-corrected chi connectivity index (χ0v) is 12.7. The van der Waals surface area contributed by atoms with Crippen molar-refractivity contribution in [2.75, 3.05) is 0 Å². The molecule has 0 saturated heterocycles. The van der Waals surface area contributed by atoms with Gasteiger partial charge in [-0.3, -0.25) is 0 Å². The van der Waals surface area contributed by atoms with E-state index in [-0.39, 0.29) is 0 Å². The molecular formula is C18H14ClN3. The Bertz CT molecular complexity index is 813. The summed E-state index contributed by atoms with van der Waals surface area (Å²) in [6, 6.07) is 17.6. The lowest BCUT2D eigenvalue weighted by atomic mass is 10.1. The fourth-order valence-electron chi connectivity index (χ4n) is 2.37. The molecule has 0 N–H and O–H groups in total. The number of aromatic nitrogens is 2. The fourth-order valence-corrected chi connectivity index (χ4v) is 2.50. The van der Waals surface area contributed by atoms with Gasteiger partial charge in [-0.15, -0.1) is 0 Å². The molecule has 0 radical (unpaired) electrons. The predicted octanol–water partition coefficient (Wildman–Crippen LogP) is 4.05. The molecule has 3 rings (SSSR count). The van der Waals surface area contributed by atoms with E-state index in [4.69, 9.17) is 16.9 Å². The van der Waals surface area contributed by atoms with Gasteiger partial charge < -0.3 is 4.57 Å². The predicted molar refractivity (Wildman–Crippen MR) is 86.7 cm³/mol. The highest BCUT2D eigenvalue weighted by atomic mass is 35.5. The van der Waals surface area contributed by atoms with E-state index in [9.17, 15) is 0 Å². The molecule has 0 aliphatic carbocycles. The van der Waals surface area contributed by atoms with E-state index >= 15 is 0 Å². The molecule has 0 fully saturated rings. The molecule has 1 aromatic heterocycles. The van der Waals surface area contributed by atoms with Crippen molar-refractivity contribution in [1.29, 1.82) is 5.26 Å². The number of imidazole rings is 1. The van der Waals surface area contributed by atoms with E-state index in [1.54, 1.807) is 6.20 Å². The zero-order valence-electron chi connectivity index (χ0n) is 11.9. The minimum Gasteiger partial charge on any atom is -0.330 e. The van der Waals surface area contributed by atoms with Crippen molar-refractivity contribution in [2.24, 2.45) is 0 Å². The highest BCUT2D eigenvalue weighted by Gasteiger charge is 2.05. The second-order valence-electron chi connectivity index (χ2n) is 5.09. The first kappa shape index (κ1) is 14.4. The molecular weight excluding hydrogens is 294 g/mol. The number of nitrogens with zero attached hydrogens (tertiary/aromatic N) is 3. The first-order valence-electron chi connectivity index (χ1n) is 6.98. The van der Waals surface area contributed by atoms with Crippen LogP contribution in [0.1, 0.15) is 22.5 Å². The second-order valence-corrected chi connectivity index (χ2v) is 5.52. The average molecular weight is 308 g/mol. The molecule has 2 aromatic carbocycles. The number of benzene rings is 2. The van der Waals surface area contributed by atoms with Crippen LogP contribution in [-0.4, -0.2) is 9.55 Å². The van der Waals surface area contributed by atoms with Crippen LogP contribution in [0, 0.1) is 11.3 Å². The zero-order chi connectivity index (χ0) is 15.4. The van der Waals surface area contributed by atoms with Crippen LogP contribution in [-0.2, 0) is 13.0 Å². The van der Waals surface area contributed by atoms with Gasteiger partial charge in [0.2, 0.25) is 0 Å². The van der Waals surface area contributed by atoms with E-state index in [1.165, 1.54) is 5.56 Å². The maximum Gasteiger partial charge on any atom is 0.113 e. The Labute approximate surface area is 134 Å². The molecule has 3 aromatic rings. The first-order valence-corrected chi connectivity index (χ1v) is 7.36. The maximum atomic E-state index is 8.98. The van der Waals surface area contributed by atoms with Crippen molar-refractivity contribution in [1.82, 2.24) is 9.55 Å². The second kappa shape index (κ2) is 6.46. The molecule has 0 amide bonds. The number of hydrogen-bond acceptors (Lipinski definition) is 2. The summed E-state index contributed by atoms with van der Waals surface area (Å²) in [5.41, 5.74) is 2.94. The Morgan fingerprint density at radius 1 is 1.09 bits per heavy atom. The monoisotopic (exact) mass is 307 g/mol. The summed E-state index contributed by atoms with van der Waals surface area (Å²) >= 11 is 5.91. The minimum absolute atomic E-state index is 0.678. The van der Waals surface area contributed by atoms with Crippen LogP contribution in [0.25, 0.3) is 0 Å². The summed E-state index contributed by atoms with van der Waals surface area (Å²) in [4.78, 5) is 4.44. The van der Waals surface area contributed by atoms with Gasteiger partial charge in [0.05, 0.1) is 11.6 Å². The number of nitriles is 1. The number of hydrogen-bond donors (Lipinski definition) is 0. The third-order valence-corrected chi connectivity index (χ3v) is 3.74. The van der Waals surface area contributed by atoms with E-state index < -0.39 is 0 Å². The van der Waals surface area contributed by atoms with Crippen molar-refractivity contribution in [3.8, 4) is 6.07 Å². The Balaban J connectivity index is 1.80. The lowest BCUT2D eigenvalue weighted by Gasteiger charge is -2.08. The highest BCUT2D eigenvalue weighted by Crippen LogP contribution is 2.14. The average Bonchev–Trinajstić information content (AvgIpc) is 2.97. The number of halogens is 1. The summed E-state index contributed by atoms with van der Waals surface area (Å²) in [7, 11) is 0. The van der Waals surface area contributed by atoms with Crippen molar-refractivity contribution in [3.63, 3.8) is 0 Å². The van der Waals surface area contributed by atoms with Gasteiger partial charge in [-0.05, 0) is 35.4 Å². The van der Waals surface area contributed by atoms with Gasteiger partial charge in [0.25, 0.3) is 0 Å². The quantitative estimate of drug-likeness (QED) is 0.729. The summed E-state index contributed by atoms with van der Waals surface area (Å²) in [6.45, 7) is 0.707. The molecule has 0 spiro atoms. The molecule has 108 valence electrons. The Hall–Kier alpha value is -2.57. The van der Waals surface area contributed by atoms with Gasteiger partial charge >= 0.3 is 0 Å². The summed E-state index contributed by atoms with van der Waals surface area (Å²) in [5.74, 6) is 0.990. The third kappa shape index (κ3) is 3.36. The third-order valence-electron chi connectivity index (χ3n) is 3.49. The lowest BCUT2D eigenvalue weighted by molar-refractivity contribution is 0.740. The van der Waals surface area contributed by atoms with Crippen molar-refractivity contribution >= 4 is 11.6 Å². The van der Waals surface area contributed by atoms with Gasteiger partial charge in [0, 0.05) is 30.4 Å². The van der Waals surface area contributed by atoms with Gasteiger partial charge in [-0.1, -0.05) is 35.9 Å². The molecule has 22 heavy (non-hydrogen) atoms. The van der Waals surface area contributed by atoms with Crippen LogP contribution in [0.3, 0.4) is 0 Å². The molecule has 1 heterocycles. The highest BCUT2D eigenvalue weighted by molar-refractivity contribution is 6.30. The van der Waals surface area contributed by atoms with Crippen LogP contribution in [0.5, 0.6) is 0 Å². The van der Waals surface area contributed by atoms with Gasteiger partial charge in [-0.25, -0.2) is 4.98 Å². The molecule has 0 aliphatic heterocycles. The normalized spacial score (nSPS) is 10.4. The minimum atomic E-state index is 0.678. The van der Waals surface area contributed by atoms with E-state index in [2.05, 4.69) is 15.6 Å². The molecule has 0 aliphatic rings. The smallest absolute Gasteiger partial charge is 0.113 e. The van der Waals surface area contributed by atoms with Crippen molar-refractivity contribution in [3.05, 3.63) is 88.5 Å². The molecule has 4 heteroatoms. The maximum absolute atomic E-state index is 8.98. The van der Waals surface area contributed by atoms with E-state index in [1.807, 2.05) is 54.7 Å². The standard InChI is InChI=1S/C18H14ClN3/c19-17-6-4-14(5-7-17)11-18-21-8-9-22(18)13-16-3-1-2-15(10-16)12-20/h1-10H,11,13H2. The molecule has 3 nitrogen and oxygen atoms in total. The van der Waals surface area contributed by atoms with Crippen LogP contribution in [0.15, 0.2) is 60.9 Å². The lowest BCUT2D eigenvalue weighted by Crippen LogP contribution is -2.05. The SMILES string of the molecule is N#Cc1cccc(Cn2ccnc2Cc2ccc(Cl)cc2)c1. The van der Waals surface area contributed by atoms with E-state index in [0.717, 1.165) is 22.8 Å². The molecule has 0 saturated carbocycles. The fraction of sp³-hybridized carbons (Fsp3) is 0.111. The van der Waals surface area contributed by atoms with Crippen molar-refractivity contribution < 1.29 is 0 Å². The van der Waals surface area contributed by atoms with Crippen LogP contribution in [0.4, 0.5) is 0 Å². The summed E-state index contributed by atoms with van der Waals surface area (Å²) in [6.07, 6.45) is 4.52.